The van der Waals surface area contributed by atoms with Crippen LogP contribution < -0.4 is 0 Å². The number of para-hydroxylation sites is 2. The molecule has 1 aromatic heterocycles. The second-order valence-electron chi connectivity index (χ2n) is 9.00. The summed E-state index contributed by atoms with van der Waals surface area (Å²) in [4.78, 5) is 0. The quantitative estimate of drug-likeness (QED) is 0.217. The summed E-state index contributed by atoms with van der Waals surface area (Å²) < 4.78 is 2.48. The lowest BCUT2D eigenvalue weighted by molar-refractivity contribution is 0.661. The first-order chi connectivity index (χ1) is 15.3. The average molecular weight is 412 g/mol. The molecule has 0 fully saturated rings. The Balaban J connectivity index is 1.75. The maximum Gasteiger partial charge on any atom is 0.0541 e. The normalized spacial score (nSPS) is 11.5. The number of aromatic nitrogens is 1. The van der Waals surface area contributed by atoms with Crippen molar-refractivity contribution in [1.82, 2.24) is 4.57 Å². The van der Waals surface area contributed by atoms with E-state index in [1.165, 1.54) is 103 Å². The molecule has 1 heteroatoms. The summed E-state index contributed by atoms with van der Waals surface area (Å²) in [5, 5.41) is 2.69. The first-order valence-corrected chi connectivity index (χ1v) is 12.4. The van der Waals surface area contributed by atoms with E-state index in [9.17, 15) is 0 Å². The van der Waals surface area contributed by atoms with Gasteiger partial charge in [-0.15, -0.1) is 0 Å². The zero-order chi connectivity index (χ0) is 21.5. The Labute approximate surface area is 188 Å². The largest absolute Gasteiger partial charge is 0.309 e. The van der Waals surface area contributed by atoms with Gasteiger partial charge in [-0.2, -0.15) is 0 Å². The van der Waals surface area contributed by atoms with E-state index in [4.69, 9.17) is 0 Å². The van der Waals surface area contributed by atoms with E-state index in [0.29, 0.717) is 0 Å². The first kappa shape index (κ1) is 21.7. The van der Waals surface area contributed by atoms with Crippen molar-refractivity contribution in [3.05, 3.63) is 77.9 Å². The molecule has 0 atom stereocenters. The lowest BCUT2D eigenvalue weighted by Gasteiger charge is -2.13. The Morgan fingerprint density at radius 3 is 1.52 bits per heavy atom. The van der Waals surface area contributed by atoms with E-state index >= 15 is 0 Å². The summed E-state index contributed by atoms with van der Waals surface area (Å²) in [6.07, 6.45) is 12.9. The molecule has 0 saturated heterocycles. The minimum absolute atomic E-state index is 1.19. The molecule has 0 saturated carbocycles. The van der Waals surface area contributed by atoms with Crippen LogP contribution in [-0.2, 0) is 12.8 Å². The first-order valence-electron chi connectivity index (χ1n) is 12.4. The zero-order valence-electron chi connectivity index (χ0n) is 19.4. The van der Waals surface area contributed by atoms with E-state index < -0.39 is 0 Å². The standard InChI is InChI=1S/C30H37N/c1-3-5-7-9-15-24-21-25(16-10-8-6-4-2)23-26(22-24)31-29-19-13-11-17-27(29)28-18-12-14-20-30(28)31/h11-14,17-23H,3-10,15-16H2,1-2H3. The van der Waals surface area contributed by atoms with Crippen molar-refractivity contribution >= 4 is 21.8 Å². The van der Waals surface area contributed by atoms with Gasteiger partial charge in [0.25, 0.3) is 0 Å². The molecule has 4 rings (SSSR count). The molecular formula is C30H37N. The van der Waals surface area contributed by atoms with Crippen LogP contribution in [0.15, 0.2) is 66.7 Å². The molecule has 4 aromatic rings. The van der Waals surface area contributed by atoms with Crippen LogP contribution >= 0.6 is 0 Å². The molecule has 1 heterocycles. The molecule has 3 aromatic carbocycles. The highest BCUT2D eigenvalue weighted by atomic mass is 15.0. The minimum atomic E-state index is 1.19. The van der Waals surface area contributed by atoms with Gasteiger partial charge in [-0.25, -0.2) is 0 Å². The monoisotopic (exact) mass is 411 g/mol. The molecule has 0 aliphatic carbocycles. The predicted molar refractivity (Wildman–Crippen MR) is 136 cm³/mol. The van der Waals surface area contributed by atoms with Crippen LogP contribution in [0.5, 0.6) is 0 Å². The average Bonchev–Trinajstić information content (AvgIpc) is 3.14. The summed E-state index contributed by atoms with van der Waals surface area (Å²) in [6.45, 7) is 4.58. The van der Waals surface area contributed by atoms with Crippen LogP contribution in [0, 0.1) is 0 Å². The molecule has 0 aliphatic rings. The van der Waals surface area contributed by atoms with Crippen molar-refractivity contribution in [1.29, 1.82) is 0 Å². The number of benzene rings is 3. The lowest BCUT2D eigenvalue weighted by Crippen LogP contribution is -1.99. The Morgan fingerprint density at radius 1 is 0.548 bits per heavy atom. The number of unbranched alkanes of at least 4 members (excludes halogenated alkanes) is 6. The second kappa shape index (κ2) is 10.7. The van der Waals surface area contributed by atoms with Crippen LogP contribution in [0.1, 0.15) is 76.3 Å². The molecule has 162 valence electrons. The van der Waals surface area contributed by atoms with Gasteiger partial charge in [-0.3, -0.25) is 0 Å². The van der Waals surface area contributed by atoms with E-state index in [1.807, 2.05) is 0 Å². The number of nitrogens with zero attached hydrogens (tertiary/aromatic N) is 1. The smallest absolute Gasteiger partial charge is 0.0541 e. The van der Waals surface area contributed by atoms with Gasteiger partial charge < -0.3 is 4.57 Å². The van der Waals surface area contributed by atoms with Crippen LogP contribution in [0.3, 0.4) is 0 Å². The maximum atomic E-state index is 2.48. The van der Waals surface area contributed by atoms with Crippen molar-refractivity contribution in [2.24, 2.45) is 0 Å². The van der Waals surface area contributed by atoms with Crippen molar-refractivity contribution in [3.8, 4) is 5.69 Å². The second-order valence-corrected chi connectivity index (χ2v) is 9.00. The lowest BCUT2D eigenvalue weighted by atomic mass is 9.99. The van der Waals surface area contributed by atoms with Crippen molar-refractivity contribution in [2.75, 3.05) is 0 Å². The highest BCUT2D eigenvalue weighted by molar-refractivity contribution is 6.09. The van der Waals surface area contributed by atoms with Gasteiger partial charge in [0.1, 0.15) is 0 Å². The van der Waals surface area contributed by atoms with E-state index in [2.05, 4.69) is 85.1 Å². The van der Waals surface area contributed by atoms with E-state index in [-0.39, 0.29) is 0 Å². The van der Waals surface area contributed by atoms with Gasteiger partial charge in [0.2, 0.25) is 0 Å². The molecule has 0 N–H and O–H groups in total. The number of hydrogen-bond donors (Lipinski definition) is 0. The number of fused-ring (bicyclic) bond motifs is 3. The van der Waals surface area contributed by atoms with Gasteiger partial charge in [-0.1, -0.05) is 94.8 Å². The van der Waals surface area contributed by atoms with Gasteiger partial charge in [0, 0.05) is 16.5 Å². The van der Waals surface area contributed by atoms with Gasteiger partial charge in [0.15, 0.2) is 0 Å². The molecule has 0 amide bonds. The molecule has 0 radical (unpaired) electrons. The fourth-order valence-corrected chi connectivity index (χ4v) is 4.87. The van der Waals surface area contributed by atoms with Crippen LogP contribution in [-0.4, -0.2) is 4.57 Å². The molecule has 0 bridgehead atoms. The Kier molecular flexibility index (Phi) is 7.46. The van der Waals surface area contributed by atoms with E-state index in [0.717, 1.165) is 0 Å². The zero-order valence-corrected chi connectivity index (χ0v) is 19.4. The van der Waals surface area contributed by atoms with Gasteiger partial charge in [0.05, 0.1) is 11.0 Å². The molecule has 0 unspecified atom stereocenters. The summed E-state index contributed by atoms with van der Waals surface area (Å²) >= 11 is 0. The molecule has 0 spiro atoms. The fourth-order valence-electron chi connectivity index (χ4n) is 4.87. The summed E-state index contributed by atoms with van der Waals surface area (Å²) in [6, 6.07) is 25.1. The number of aryl methyl sites for hydroxylation is 2. The Morgan fingerprint density at radius 2 is 1.03 bits per heavy atom. The fraction of sp³-hybridized carbons (Fsp3) is 0.400. The SMILES string of the molecule is CCCCCCc1cc(CCCCCC)cc(-n2c3ccccc3c3ccccc32)c1. The highest BCUT2D eigenvalue weighted by Gasteiger charge is 2.12. The molecule has 31 heavy (non-hydrogen) atoms. The third-order valence-electron chi connectivity index (χ3n) is 6.51. The number of rotatable bonds is 11. The van der Waals surface area contributed by atoms with Crippen molar-refractivity contribution in [2.45, 2.75) is 78.1 Å². The van der Waals surface area contributed by atoms with Crippen LogP contribution in [0.4, 0.5) is 0 Å². The topological polar surface area (TPSA) is 4.93 Å². The Hall–Kier alpha value is -2.54. The third kappa shape index (κ3) is 5.03. The minimum Gasteiger partial charge on any atom is -0.309 e. The van der Waals surface area contributed by atoms with Gasteiger partial charge in [-0.05, 0) is 61.1 Å². The summed E-state index contributed by atoms with van der Waals surface area (Å²) in [5.41, 5.74) is 6.95. The van der Waals surface area contributed by atoms with Crippen LogP contribution in [0.25, 0.3) is 27.5 Å². The number of hydrogen-bond acceptors (Lipinski definition) is 0. The van der Waals surface area contributed by atoms with Crippen molar-refractivity contribution < 1.29 is 0 Å². The molecule has 0 aliphatic heterocycles. The molecular weight excluding hydrogens is 374 g/mol. The predicted octanol–water partition coefficient (Wildman–Crippen LogP) is 9.03. The van der Waals surface area contributed by atoms with Crippen LogP contribution in [0.2, 0.25) is 0 Å². The summed E-state index contributed by atoms with van der Waals surface area (Å²) in [5.74, 6) is 0. The van der Waals surface area contributed by atoms with Crippen molar-refractivity contribution in [3.63, 3.8) is 0 Å². The summed E-state index contributed by atoms with van der Waals surface area (Å²) in [7, 11) is 0. The maximum absolute atomic E-state index is 2.48. The van der Waals surface area contributed by atoms with E-state index in [1.54, 1.807) is 0 Å². The molecule has 1 nitrogen and oxygen atoms in total. The Bertz CT molecular complexity index is 1030. The third-order valence-corrected chi connectivity index (χ3v) is 6.51. The highest BCUT2D eigenvalue weighted by Crippen LogP contribution is 2.32. The van der Waals surface area contributed by atoms with Gasteiger partial charge >= 0.3 is 0 Å².